The largest absolute Gasteiger partial charge is 0.355 e. The van der Waals surface area contributed by atoms with E-state index in [2.05, 4.69) is 50.5 Å². The Morgan fingerprint density at radius 3 is 2.47 bits per heavy atom. The summed E-state index contributed by atoms with van der Waals surface area (Å²) in [6, 6.07) is 8.52. The van der Waals surface area contributed by atoms with Crippen LogP contribution in [0.2, 0.25) is 0 Å². The minimum absolute atomic E-state index is 0. The van der Waals surface area contributed by atoms with E-state index in [4.69, 9.17) is 0 Å². The molecule has 3 nitrogen and oxygen atoms in total. The van der Waals surface area contributed by atoms with Gasteiger partial charge in [-0.3, -0.25) is 4.99 Å². The summed E-state index contributed by atoms with van der Waals surface area (Å²) in [6.07, 6.45) is 2.49. The highest BCUT2D eigenvalue weighted by Crippen LogP contribution is 2.49. The topological polar surface area (TPSA) is 27.6 Å². The minimum atomic E-state index is 0. The van der Waals surface area contributed by atoms with Gasteiger partial charge in [0.2, 0.25) is 0 Å². The Bertz CT molecular complexity index is 456. The number of hydrogen-bond acceptors (Lipinski definition) is 1. The average Bonchev–Trinajstić information content (AvgIpc) is 3.11. The lowest BCUT2D eigenvalue weighted by atomic mass is 9.96. The second-order valence-corrected chi connectivity index (χ2v) is 5.91. The maximum Gasteiger partial charge on any atom is 0.193 e. The molecule has 106 valence electrons. The normalized spacial score (nSPS) is 16.5. The molecule has 1 N–H and O–H groups in total. The molecule has 1 saturated carbocycles. The van der Waals surface area contributed by atoms with Gasteiger partial charge in [-0.05, 0) is 24.5 Å². The van der Waals surface area contributed by atoms with Crippen molar-refractivity contribution >= 4 is 45.9 Å². The molecule has 1 fully saturated rings. The highest BCUT2D eigenvalue weighted by atomic mass is 127. The van der Waals surface area contributed by atoms with Crippen LogP contribution in [0, 0.1) is 0 Å². The first-order valence-electron chi connectivity index (χ1n) is 6.22. The van der Waals surface area contributed by atoms with Crippen molar-refractivity contribution < 1.29 is 0 Å². The first kappa shape index (κ1) is 16.8. The summed E-state index contributed by atoms with van der Waals surface area (Å²) in [4.78, 5) is 6.26. The van der Waals surface area contributed by atoms with E-state index in [1.54, 1.807) is 0 Å². The summed E-state index contributed by atoms with van der Waals surface area (Å²) in [5, 5.41) is 3.45. The van der Waals surface area contributed by atoms with E-state index in [0.717, 1.165) is 12.5 Å². The van der Waals surface area contributed by atoms with Crippen LogP contribution < -0.4 is 5.32 Å². The highest BCUT2D eigenvalue weighted by Gasteiger charge is 2.45. The summed E-state index contributed by atoms with van der Waals surface area (Å²) in [7, 11) is 5.83. The van der Waals surface area contributed by atoms with E-state index in [1.807, 2.05) is 26.0 Å². The van der Waals surface area contributed by atoms with Crippen molar-refractivity contribution in [1.82, 2.24) is 10.2 Å². The zero-order valence-corrected chi connectivity index (χ0v) is 15.5. The Morgan fingerprint density at radius 1 is 1.37 bits per heavy atom. The molecule has 1 aromatic carbocycles. The van der Waals surface area contributed by atoms with Crippen molar-refractivity contribution in [2.75, 3.05) is 27.7 Å². The van der Waals surface area contributed by atoms with Gasteiger partial charge in [-0.1, -0.05) is 34.1 Å². The Labute approximate surface area is 141 Å². The van der Waals surface area contributed by atoms with Crippen LogP contribution in [0.4, 0.5) is 0 Å². The van der Waals surface area contributed by atoms with Crippen LogP contribution in [0.15, 0.2) is 33.7 Å². The molecule has 0 radical (unpaired) electrons. The summed E-state index contributed by atoms with van der Waals surface area (Å²) in [5.74, 6) is 0.938. The SMILES string of the molecule is CN=C(NCC1(c2ccccc2Br)CC1)N(C)C.I. The number of rotatable bonds is 3. The monoisotopic (exact) mass is 437 g/mol. The molecule has 2 rings (SSSR count). The van der Waals surface area contributed by atoms with E-state index >= 15 is 0 Å². The second kappa shape index (κ2) is 6.92. The molecule has 0 unspecified atom stereocenters. The molecule has 19 heavy (non-hydrogen) atoms. The van der Waals surface area contributed by atoms with Crippen molar-refractivity contribution in [2.45, 2.75) is 18.3 Å². The summed E-state index contributed by atoms with van der Waals surface area (Å²) in [6.45, 7) is 0.945. The lowest BCUT2D eigenvalue weighted by Crippen LogP contribution is -2.40. The van der Waals surface area contributed by atoms with E-state index in [1.165, 1.54) is 22.9 Å². The molecule has 1 aromatic rings. The molecule has 0 amide bonds. The van der Waals surface area contributed by atoms with E-state index in [9.17, 15) is 0 Å². The molecular weight excluding hydrogens is 417 g/mol. The van der Waals surface area contributed by atoms with Crippen molar-refractivity contribution in [3.05, 3.63) is 34.3 Å². The van der Waals surface area contributed by atoms with Crippen LogP contribution in [-0.2, 0) is 5.41 Å². The van der Waals surface area contributed by atoms with Gasteiger partial charge < -0.3 is 10.2 Å². The van der Waals surface area contributed by atoms with Gasteiger partial charge in [-0.2, -0.15) is 0 Å². The zero-order valence-electron chi connectivity index (χ0n) is 11.6. The number of hydrogen-bond donors (Lipinski definition) is 1. The third-order valence-electron chi connectivity index (χ3n) is 3.52. The highest BCUT2D eigenvalue weighted by molar-refractivity contribution is 14.0. The van der Waals surface area contributed by atoms with E-state index in [0.29, 0.717) is 0 Å². The van der Waals surface area contributed by atoms with Gasteiger partial charge in [0.05, 0.1) is 0 Å². The fourth-order valence-electron chi connectivity index (χ4n) is 2.27. The van der Waals surface area contributed by atoms with Crippen molar-refractivity contribution in [1.29, 1.82) is 0 Å². The summed E-state index contributed by atoms with van der Waals surface area (Å²) < 4.78 is 1.21. The third kappa shape index (κ3) is 3.84. The molecule has 0 aromatic heterocycles. The summed E-state index contributed by atoms with van der Waals surface area (Å²) >= 11 is 3.66. The molecule has 0 atom stereocenters. The van der Waals surface area contributed by atoms with E-state index < -0.39 is 0 Å². The number of nitrogens with one attached hydrogen (secondary N) is 1. The summed E-state index contributed by atoms with van der Waals surface area (Å²) in [5.41, 5.74) is 1.69. The maximum absolute atomic E-state index is 4.25. The molecule has 0 aliphatic heterocycles. The van der Waals surface area contributed by atoms with Gasteiger partial charge in [0.25, 0.3) is 0 Å². The molecule has 1 aliphatic carbocycles. The van der Waals surface area contributed by atoms with Crippen molar-refractivity contribution in [3.63, 3.8) is 0 Å². The smallest absolute Gasteiger partial charge is 0.193 e. The van der Waals surface area contributed by atoms with Crippen LogP contribution in [0.1, 0.15) is 18.4 Å². The van der Waals surface area contributed by atoms with Crippen LogP contribution in [0.25, 0.3) is 0 Å². The van der Waals surface area contributed by atoms with Gasteiger partial charge in [0.1, 0.15) is 0 Å². The Hall–Kier alpha value is -0.300. The molecular formula is C14H21BrIN3. The Kier molecular flexibility index (Phi) is 6.11. The Morgan fingerprint density at radius 2 is 2.00 bits per heavy atom. The number of aliphatic imine (C=N–C) groups is 1. The van der Waals surface area contributed by atoms with Crippen LogP contribution in [0.5, 0.6) is 0 Å². The number of halogens is 2. The van der Waals surface area contributed by atoms with Gasteiger partial charge in [-0.25, -0.2) is 0 Å². The van der Waals surface area contributed by atoms with Gasteiger partial charge in [-0.15, -0.1) is 24.0 Å². The van der Waals surface area contributed by atoms with Gasteiger partial charge >= 0.3 is 0 Å². The van der Waals surface area contributed by atoms with Crippen molar-refractivity contribution in [3.8, 4) is 0 Å². The van der Waals surface area contributed by atoms with Crippen LogP contribution >= 0.6 is 39.9 Å². The average molecular weight is 438 g/mol. The number of benzene rings is 1. The first-order chi connectivity index (χ1) is 8.59. The fraction of sp³-hybridized carbons (Fsp3) is 0.500. The fourth-order valence-corrected chi connectivity index (χ4v) is 2.97. The van der Waals surface area contributed by atoms with Crippen molar-refractivity contribution in [2.24, 2.45) is 4.99 Å². The van der Waals surface area contributed by atoms with Gasteiger partial charge in [0.15, 0.2) is 5.96 Å². The lowest BCUT2D eigenvalue weighted by molar-refractivity contribution is 0.558. The first-order valence-corrected chi connectivity index (χ1v) is 7.01. The zero-order chi connectivity index (χ0) is 13.2. The standard InChI is InChI=1S/C14H20BrN3.HI/c1-16-13(18(2)3)17-10-14(8-9-14)11-6-4-5-7-12(11)15;/h4-7H,8-10H2,1-3H3,(H,16,17);1H. The molecule has 0 heterocycles. The second-order valence-electron chi connectivity index (χ2n) is 5.06. The van der Waals surface area contributed by atoms with E-state index in [-0.39, 0.29) is 29.4 Å². The molecule has 5 heteroatoms. The maximum atomic E-state index is 4.25. The third-order valence-corrected chi connectivity index (χ3v) is 4.21. The predicted molar refractivity (Wildman–Crippen MR) is 95.5 cm³/mol. The molecule has 0 bridgehead atoms. The quantitative estimate of drug-likeness (QED) is 0.446. The number of guanidine groups is 1. The minimum Gasteiger partial charge on any atom is -0.355 e. The molecule has 0 saturated heterocycles. The number of nitrogens with zero attached hydrogens (tertiary/aromatic N) is 2. The van der Waals surface area contributed by atoms with Gasteiger partial charge in [0, 0.05) is 37.6 Å². The predicted octanol–water partition coefficient (Wildman–Crippen LogP) is 3.24. The van der Waals surface area contributed by atoms with Crippen LogP contribution in [-0.4, -0.2) is 38.5 Å². The molecule has 0 spiro atoms. The Balaban J connectivity index is 0.00000180. The lowest BCUT2D eigenvalue weighted by Gasteiger charge is -2.22. The molecule has 1 aliphatic rings. The van der Waals surface area contributed by atoms with Crippen LogP contribution in [0.3, 0.4) is 0 Å².